The van der Waals surface area contributed by atoms with Gasteiger partial charge < -0.3 is 14.2 Å². The van der Waals surface area contributed by atoms with Crippen molar-refractivity contribution in [3.05, 3.63) is 34.0 Å². The molecule has 1 aromatic rings. The van der Waals surface area contributed by atoms with Gasteiger partial charge in [-0.1, -0.05) is 6.92 Å². The first-order valence-corrected chi connectivity index (χ1v) is 5.82. The molecule has 0 spiro atoms. The Labute approximate surface area is 111 Å². The van der Waals surface area contributed by atoms with E-state index in [4.69, 9.17) is 14.2 Å². The molecule has 0 heterocycles. The fourth-order valence-electron chi connectivity index (χ4n) is 1.51. The Hall–Kier alpha value is -2.24. The van der Waals surface area contributed by atoms with E-state index in [0.717, 1.165) is 12.6 Å². The van der Waals surface area contributed by atoms with Crippen molar-refractivity contribution >= 4 is 6.08 Å². The lowest BCUT2D eigenvalue weighted by atomic mass is 10.1. The Balaban J connectivity index is 3.17. The zero-order valence-corrected chi connectivity index (χ0v) is 11.2. The normalized spacial score (nSPS) is 10.5. The fourth-order valence-corrected chi connectivity index (χ4v) is 1.51. The zero-order valence-electron chi connectivity index (χ0n) is 11.2. The van der Waals surface area contributed by atoms with E-state index in [-0.39, 0.29) is 0 Å². The first kappa shape index (κ1) is 14.8. The van der Waals surface area contributed by atoms with E-state index in [1.54, 1.807) is 12.1 Å². The Morgan fingerprint density at radius 1 is 1.26 bits per heavy atom. The summed E-state index contributed by atoms with van der Waals surface area (Å²) in [6, 6.07) is 3.33. The zero-order chi connectivity index (χ0) is 14.3. The van der Waals surface area contributed by atoms with Gasteiger partial charge in [0.1, 0.15) is 0 Å². The van der Waals surface area contributed by atoms with Crippen molar-refractivity contribution in [1.29, 1.82) is 0 Å². The molecule has 0 bridgehead atoms. The Kier molecular flexibility index (Phi) is 5.66. The molecule has 0 unspecified atom stereocenters. The maximum atomic E-state index is 10.3. The summed E-state index contributed by atoms with van der Waals surface area (Å²) in [5.74, 6) is 1.46. The van der Waals surface area contributed by atoms with E-state index in [0.29, 0.717) is 29.4 Å². The van der Waals surface area contributed by atoms with Gasteiger partial charge >= 0.3 is 0 Å². The third-order valence-corrected chi connectivity index (χ3v) is 2.32. The summed E-state index contributed by atoms with van der Waals surface area (Å²) in [6.45, 7) is 2.52. The second kappa shape index (κ2) is 7.25. The standard InChI is InChI=1S/C13H17NO5/c1-4-7-19-12-9-10(5-6-14(15)16)8-11(17-2)13(12)18-3/h5-6,8-9H,4,7H2,1-3H3/b6-5+. The molecule has 1 aromatic carbocycles. The van der Waals surface area contributed by atoms with Crippen LogP contribution in [0, 0.1) is 10.1 Å². The van der Waals surface area contributed by atoms with Crippen molar-refractivity contribution in [3.8, 4) is 17.2 Å². The van der Waals surface area contributed by atoms with E-state index in [2.05, 4.69) is 0 Å². The smallest absolute Gasteiger partial charge is 0.235 e. The average molecular weight is 267 g/mol. The minimum atomic E-state index is -0.525. The van der Waals surface area contributed by atoms with Gasteiger partial charge in [-0.25, -0.2) is 0 Å². The maximum Gasteiger partial charge on any atom is 0.235 e. The van der Waals surface area contributed by atoms with Crippen molar-refractivity contribution in [2.75, 3.05) is 20.8 Å². The number of hydrogen-bond acceptors (Lipinski definition) is 5. The summed E-state index contributed by atoms with van der Waals surface area (Å²) in [5.41, 5.74) is 0.612. The van der Waals surface area contributed by atoms with Gasteiger partial charge in [-0.2, -0.15) is 0 Å². The van der Waals surface area contributed by atoms with Crippen molar-refractivity contribution in [3.63, 3.8) is 0 Å². The number of nitro groups is 1. The van der Waals surface area contributed by atoms with Crippen molar-refractivity contribution < 1.29 is 19.1 Å². The molecule has 104 valence electrons. The van der Waals surface area contributed by atoms with E-state index >= 15 is 0 Å². The summed E-state index contributed by atoms with van der Waals surface area (Å²) in [6.07, 6.45) is 3.09. The highest BCUT2D eigenvalue weighted by Gasteiger charge is 2.13. The molecule has 0 aliphatic carbocycles. The topological polar surface area (TPSA) is 70.8 Å². The van der Waals surface area contributed by atoms with Gasteiger partial charge in [0.05, 0.1) is 25.7 Å². The SMILES string of the molecule is CCCOc1cc(/C=C/[N+](=O)[O-])cc(OC)c1OC. The third kappa shape index (κ3) is 4.17. The molecule has 0 aliphatic rings. The van der Waals surface area contributed by atoms with E-state index < -0.39 is 4.92 Å². The largest absolute Gasteiger partial charge is 0.493 e. The van der Waals surface area contributed by atoms with Crippen LogP contribution in [0.25, 0.3) is 6.08 Å². The first-order valence-electron chi connectivity index (χ1n) is 5.82. The molecule has 0 saturated carbocycles. The van der Waals surface area contributed by atoms with Crippen molar-refractivity contribution in [1.82, 2.24) is 0 Å². The van der Waals surface area contributed by atoms with Crippen LogP contribution in [0.3, 0.4) is 0 Å². The number of benzene rings is 1. The van der Waals surface area contributed by atoms with E-state index in [1.807, 2.05) is 6.92 Å². The highest BCUT2D eigenvalue weighted by Crippen LogP contribution is 2.38. The van der Waals surface area contributed by atoms with Gasteiger partial charge in [0.25, 0.3) is 0 Å². The van der Waals surface area contributed by atoms with Crippen LogP contribution in [0.1, 0.15) is 18.9 Å². The quantitative estimate of drug-likeness (QED) is 0.561. The molecular weight excluding hydrogens is 250 g/mol. The van der Waals surface area contributed by atoms with Crippen molar-refractivity contribution in [2.45, 2.75) is 13.3 Å². The predicted molar refractivity (Wildman–Crippen MR) is 71.4 cm³/mol. The number of hydrogen-bond donors (Lipinski definition) is 0. The molecule has 0 amide bonds. The Morgan fingerprint density at radius 3 is 2.47 bits per heavy atom. The van der Waals surface area contributed by atoms with Crippen LogP contribution in [-0.2, 0) is 0 Å². The highest BCUT2D eigenvalue weighted by molar-refractivity contribution is 5.61. The van der Waals surface area contributed by atoms with E-state index in [1.165, 1.54) is 20.3 Å². The minimum absolute atomic E-state index is 0.471. The molecule has 0 aromatic heterocycles. The Bertz CT molecular complexity index is 470. The Morgan fingerprint density at radius 2 is 1.95 bits per heavy atom. The van der Waals surface area contributed by atoms with Crippen LogP contribution < -0.4 is 14.2 Å². The van der Waals surface area contributed by atoms with Gasteiger partial charge in [-0.05, 0) is 24.1 Å². The summed E-state index contributed by atoms with van der Waals surface area (Å²) in [5, 5.41) is 10.3. The van der Waals surface area contributed by atoms with Crippen LogP contribution in [0.5, 0.6) is 17.2 Å². The monoisotopic (exact) mass is 267 g/mol. The molecule has 6 heteroatoms. The average Bonchev–Trinajstić information content (AvgIpc) is 2.41. The van der Waals surface area contributed by atoms with Crippen LogP contribution in [0.2, 0.25) is 0 Å². The second-order valence-electron chi connectivity index (χ2n) is 3.70. The van der Waals surface area contributed by atoms with Crippen LogP contribution in [-0.4, -0.2) is 25.7 Å². The fraction of sp³-hybridized carbons (Fsp3) is 0.385. The lowest BCUT2D eigenvalue weighted by Crippen LogP contribution is -2.00. The highest BCUT2D eigenvalue weighted by atomic mass is 16.6. The molecule has 0 radical (unpaired) electrons. The molecule has 0 aliphatic heterocycles. The van der Waals surface area contributed by atoms with Crippen molar-refractivity contribution in [2.24, 2.45) is 0 Å². The number of ether oxygens (including phenoxy) is 3. The lowest BCUT2D eigenvalue weighted by molar-refractivity contribution is -0.400. The van der Waals surface area contributed by atoms with Gasteiger partial charge in [0, 0.05) is 6.08 Å². The summed E-state index contributed by atoms with van der Waals surface area (Å²) < 4.78 is 16.0. The van der Waals surface area contributed by atoms with Gasteiger partial charge in [-0.15, -0.1) is 0 Å². The van der Waals surface area contributed by atoms with Gasteiger partial charge in [-0.3, -0.25) is 10.1 Å². The summed E-state index contributed by atoms with van der Waals surface area (Å²) >= 11 is 0. The van der Waals surface area contributed by atoms with E-state index in [9.17, 15) is 10.1 Å². The number of methoxy groups -OCH3 is 2. The molecule has 0 fully saturated rings. The van der Waals surface area contributed by atoms with Gasteiger partial charge in [0.15, 0.2) is 11.5 Å². The second-order valence-corrected chi connectivity index (χ2v) is 3.70. The maximum absolute atomic E-state index is 10.3. The first-order chi connectivity index (χ1) is 9.12. The molecule has 0 atom stereocenters. The molecule has 0 saturated heterocycles. The molecule has 0 N–H and O–H groups in total. The minimum Gasteiger partial charge on any atom is -0.493 e. The molecule has 6 nitrogen and oxygen atoms in total. The lowest BCUT2D eigenvalue weighted by Gasteiger charge is -2.14. The molecule has 19 heavy (non-hydrogen) atoms. The molecular formula is C13H17NO5. The van der Waals surface area contributed by atoms with Crippen LogP contribution in [0.4, 0.5) is 0 Å². The van der Waals surface area contributed by atoms with Crippen LogP contribution in [0.15, 0.2) is 18.3 Å². The molecule has 1 rings (SSSR count). The summed E-state index contributed by atoms with van der Waals surface area (Å²) in [4.78, 5) is 9.81. The third-order valence-electron chi connectivity index (χ3n) is 2.32. The van der Waals surface area contributed by atoms with Gasteiger partial charge in [0.2, 0.25) is 11.9 Å². The number of rotatable bonds is 7. The predicted octanol–water partition coefficient (Wildman–Crippen LogP) is 2.74. The number of nitrogens with zero attached hydrogens (tertiary/aromatic N) is 1. The summed E-state index contributed by atoms with van der Waals surface area (Å²) in [7, 11) is 3.02. The van der Waals surface area contributed by atoms with Crippen LogP contribution >= 0.6 is 0 Å².